The number of rotatable bonds is 7. The molecule has 5 nitrogen and oxygen atoms in total. The molecule has 0 bridgehead atoms. The topological polar surface area (TPSA) is 58.8 Å². The molecule has 106 valence electrons. The maximum absolute atomic E-state index is 11.9. The number of piperazine rings is 1. The fraction of sp³-hybridized carbons (Fsp3) is 0.923. The second-order valence-electron chi connectivity index (χ2n) is 5.12. The van der Waals surface area contributed by atoms with E-state index in [9.17, 15) is 4.79 Å². The van der Waals surface area contributed by atoms with Gasteiger partial charge in [0.15, 0.2) is 0 Å². The number of carbonyl (C=O) groups is 1. The van der Waals surface area contributed by atoms with Crippen LogP contribution in [0.25, 0.3) is 0 Å². The number of nitrogens with two attached hydrogens (primary N) is 1. The van der Waals surface area contributed by atoms with Crippen molar-refractivity contribution in [2.45, 2.75) is 19.8 Å². The van der Waals surface area contributed by atoms with Gasteiger partial charge < -0.3 is 15.4 Å². The standard InChI is InChI=1S/C13H27N3O2/c1-12(10-14)11-15-5-7-16(8-6-15)13(17)4-3-9-18-2/h12H,3-11,14H2,1-2H3. The number of amides is 1. The van der Waals surface area contributed by atoms with Gasteiger partial charge in [0.2, 0.25) is 5.91 Å². The number of carbonyl (C=O) groups excluding carboxylic acids is 1. The largest absolute Gasteiger partial charge is 0.385 e. The van der Waals surface area contributed by atoms with Crippen molar-refractivity contribution in [1.82, 2.24) is 9.80 Å². The zero-order valence-electron chi connectivity index (χ0n) is 11.7. The van der Waals surface area contributed by atoms with Crippen molar-refractivity contribution >= 4 is 5.91 Å². The Labute approximate surface area is 110 Å². The van der Waals surface area contributed by atoms with Crippen LogP contribution in [0.15, 0.2) is 0 Å². The lowest BCUT2D eigenvalue weighted by Gasteiger charge is -2.35. The smallest absolute Gasteiger partial charge is 0.222 e. The van der Waals surface area contributed by atoms with Gasteiger partial charge >= 0.3 is 0 Å². The molecule has 0 aromatic carbocycles. The van der Waals surface area contributed by atoms with Gasteiger partial charge in [-0.2, -0.15) is 0 Å². The Morgan fingerprint density at radius 3 is 2.56 bits per heavy atom. The second kappa shape index (κ2) is 8.45. The average Bonchev–Trinajstić information content (AvgIpc) is 2.39. The van der Waals surface area contributed by atoms with Crippen molar-refractivity contribution in [3.8, 4) is 0 Å². The van der Waals surface area contributed by atoms with Crippen LogP contribution >= 0.6 is 0 Å². The van der Waals surface area contributed by atoms with Gasteiger partial charge in [0, 0.05) is 52.9 Å². The second-order valence-corrected chi connectivity index (χ2v) is 5.12. The van der Waals surface area contributed by atoms with Gasteiger partial charge in [-0.05, 0) is 18.9 Å². The molecule has 1 atom stereocenters. The van der Waals surface area contributed by atoms with Crippen molar-refractivity contribution in [2.24, 2.45) is 11.7 Å². The van der Waals surface area contributed by atoms with Gasteiger partial charge in [-0.25, -0.2) is 0 Å². The zero-order valence-corrected chi connectivity index (χ0v) is 11.7. The predicted octanol–water partition coefficient (Wildman–Crippen LogP) is 0.152. The Bertz CT molecular complexity index is 240. The highest BCUT2D eigenvalue weighted by molar-refractivity contribution is 5.76. The molecule has 0 aromatic rings. The summed E-state index contributed by atoms with van der Waals surface area (Å²) < 4.78 is 4.96. The quantitative estimate of drug-likeness (QED) is 0.660. The molecular weight excluding hydrogens is 230 g/mol. The summed E-state index contributed by atoms with van der Waals surface area (Å²) in [4.78, 5) is 16.3. The molecule has 1 aliphatic heterocycles. The molecule has 0 spiro atoms. The summed E-state index contributed by atoms with van der Waals surface area (Å²) >= 11 is 0. The summed E-state index contributed by atoms with van der Waals surface area (Å²) in [6.45, 7) is 8.26. The van der Waals surface area contributed by atoms with Crippen molar-refractivity contribution < 1.29 is 9.53 Å². The normalized spacial score (nSPS) is 18.9. The molecule has 5 heteroatoms. The third-order valence-electron chi connectivity index (χ3n) is 3.44. The number of hydrogen-bond donors (Lipinski definition) is 1. The minimum absolute atomic E-state index is 0.263. The summed E-state index contributed by atoms with van der Waals surface area (Å²) in [5.41, 5.74) is 5.63. The molecule has 0 radical (unpaired) electrons. The van der Waals surface area contributed by atoms with E-state index >= 15 is 0 Å². The molecule has 1 rings (SSSR count). The molecule has 2 N–H and O–H groups in total. The summed E-state index contributed by atoms with van der Waals surface area (Å²) in [5, 5.41) is 0. The monoisotopic (exact) mass is 257 g/mol. The van der Waals surface area contributed by atoms with Crippen LogP contribution in [-0.4, -0.2) is 68.7 Å². The first kappa shape index (κ1) is 15.4. The van der Waals surface area contributed by atoms with E-state index < -0.39 is 0 Å². The van der Waals surface area contributed by atoms with E-state index in [0.717, 1.165) is 45.7 Å². The van der Waals surface area contributed by atoms with E-state index in [2.05, 4.69) is 11.8 Å². The molecule has 0 saturated carbocycles. The van der Waals surface area contributed by atoms with Gasteiger partial charge in [-0.15, -0.1) is 0 Å². The van der Waals surface area contributed by atoms with Crippen LogP contribution < -0.4 is 5.73 Å². The highest BCUT2D eigenvalue weighted by atomic mass is 16.5. The maximum atomic E-state index is 11.9. The van der Waals surface area contributed by atoms with Gasteiger partial charge in [0.05, 0.1) is 0 Å². The van der Waals surface area contributed by atoms with E-state index in [0.29, 0.717) is 18.9 Å². The first-order valence-electron chi connectivity index (χ1n) is 6.86. The van der Waals surface area contributed by atoms with Crippen LogP contribution in [0.1, 0.15) is 19.8 Å². The van der Waals surface area contributed by atoms with E-state index in [1.54, 1.807) is 7.11 Å². The number of methoxy groups -OCH3 is 1. The molecule has 0 aromatic heterocycles. The van der Waals surface area contributed by atoms with E-state index in [-0.39, 0.29) is 5.91 Å². The third-order valence-corrected chi connectivity index (χ3v) is 3.44. The van der Waals surface area contributed by atoms with Crippen LogP contribution in [0.5, 0.6) is 0 Å². The van der Waals surface area contributed by atoms with Crippen LogP contribution in [0.2, 0.25) is 0 Å². The van der Waals surface area contributed by atoms with Gasteiger partial charge in [0.25, 0.3) is 0 Å². The Balaban J connectivity index is 2.20. The summed E-state index contributed by atoms with van der Waals surface area (Å²) in [5.74, 6) is 0.799. The Morgan fingerprint density at radius 2 is 2.00 bits per heavy atom. The van der Waals surface area contributed by atoms with E-state index in [1.165, 1.54) is 0 Å². The Kier molecular flexibility index (Phi) is 7.23. The summed E-state index contributed by atoms with van der Waals surface area (Å²) in [7, 11) is 1.67. The molecule has 0 aliphatic carbocycles. The molecule has 1 heterocycles. The zero-order chi connectivity index (χ0) is 13.4. The van der Waals surface area contributed by atoms with E-state index in [1.807, 2.05) is 4.90 Å². The van der Waals surface area contributed by atoms with Crippen LogP contribution in [-0.2, 0) is 9.53 Å². The van der Waals surface area contributed by atoms with Crippen molar-refractivity contribution in [3.63, 3.8) is 0 Å². The molecule has 1 saturated heterocycles. The molecule has 1 aliphatic rings. The van der Waals surface area contributed by atoms with Crippen molar-refractivity contribution in [2.75, 3.05) is 53.0 Å². The van der Waals surface area contributed by atoms with Crippen LogP contribution in [0.3, 0.4) is 0 Å². The number of ether oxygens (including phenoxy) is 1. The predicted molar refractivity (Wildman–Crippen MR) is 72.3 cm³/mol. The number of hydrogen-bond acceptors (Lipinski definition) is 4. The minimum atomic E-state index is 0.263. The summed E-state index contributed by atoms with van der Waals surface area (Å²) in [6, 6.07) is 0. The molecule has 1 fully saturated rings. The molecular formula is C13H27N3O2. The highest BCUT2D eigenvalue weighted by Gasteiger charge is 2.21. The van der Waals surface area contributed by atoms with Gasteiger partial charge in [-0.3, -0.25) is 9.69 Å². The Hall–Kier alpha value is -0.650. The first-order valence-corrected chi connectivity index (χ1v) is 6.86. The lowest BCUT2D eigenvalue weighted by molar-refractivity contribution is -0.133. The molecule has 1 amide bonds. The van der Waals surface area contributed by atoms with Crippen LogP contribution in [0.4, 0.5) is 0 Å². The van der Waals surface area contributed by atoms with Crippen molar-refractivity contribution in [3.05, 3.63) is 0 Å². The van der Waals surface area contributed by atoms with Crippen LogP contribution in [0, 0.1) is 5.92 Å². The minimum Gasteiger partial charge on any atom is -0.385 e. The summed E-state index contributed by atoms with van der Waals surface area (Å²) in [6.07, 6.45) is 1.42. The Morgan fingerprint density at radius 1 is 1.33 bits per heavy atom. The SMILES string of the molecule is COCCCC(=O)N1CCN(CC(C)CN)CC1. The fourth-order valence-corrected chi connectivity index (χ4v) is 2.22. The van der Waals surface area contributed by atoms with Crippen molar-refractivity contribution in [1.29, 1.82) is 0 Å². The number of nitrogens with zero attached hydrogens (tertiary/aromatic N) is 2. The van der Waals surface area contributed by atoms with E-state index in [4.69, 9.17) is 10.5 Å². The van der Waals surface area contributed by atoms with Gasteiger partial charge in [0.1, 0.15) is 0 Å². The van der Waals surface area contributed by atoms with Gasteiger partial charge in [-0.1, -0.05) is 6.92 Å². The third kappa shape index (κ3) is 5.33. The average molecular weight is 257 g/mol. The molecule has 18 heavy (non-hydrogen) atoms. The lowest BCUT2D eigenvalue weighted by Crippen LogP contribution is -2.50. The fourth-order valence-electron chi connectivity index (χ4n) is 2.22. The lowest BCUT2D eigenvalue weighted by atomic mass is 10.1. The highest BCUT2D eigenvalue weighted by Crippen LogP contribution is 2.07. The molecule has 1 unspecified atom stereocenters. The first-order chi connectivity index (χ1) is 8.67. The maximum Gasteiger partial charge on any atom is 0.222 e.